The van der Waals surface area contributed by atoms with Gasteiger partial charge in [-0.05, 0) is 88.7 Å². The number of nitrogens with zero attached hydrogens (tertiary/aromatic N) is 1. The van der Waals surface area contributed by atoms with E-state index in [1.165, 1.54) is 16.3 Å². The third-order valence-electron chi connectivity index (χ3n) is 8.26. The minimum Gasteiger partial charge on any atom is -0.550 e. The van der Waals surface area contributed by atoms with Gasteiger partial charge in [-0.25, -0.2) is 0 Å². The van der Waals surface area contributed by atoms with Crippen LogP contribution in [0.2, 0.25) is 0 Å². The van der Waals surface area contributed by atoms with Crippen molar-refractivity contribution in [2.45, 2.75) is 78.1 Å². The van der Waals surface area contributed by atoms with Gasteiger partial charge in [0.2, 0.25) is 0 Å². The van der Waals surface area contributed by atoms with E-state index in [0.717, 1.165) is 33.4 Å². The van der Waals surface area contributed by atoms with E-state index >= 15 is 0 Å². The zero-order chi connectivity index (χ0) is 31.1. The molecule has 0 aliphatic carbocycles. The molecule has 0 spiro atoms. The van der Waals surface area contributed by atoms with Crippen molar-refractivity contribution in [2.75, 3.05) is 0 Å². The molecular weight excluding hydrogens is 557 g/mol. The summed E-state index contributed by atoms with van der Waals surface area (Å²) in [5.41, 5.74) is 7.05. The number of para-hydroxylation sites is 2. The molecule has 1 atom stereocenters. The van der Waals surface area contributed by atoms with Crippen LogP contribution in [0.5, 0.6) is 5.75 Å². The Bertz CT molecular complexity index is 1730. The summed E-state index contributed by atoms with van der Waals surface area (Å²) in [6.45, 7) is 15.0. The zero-order valence-electron chi connectivity index (χ0n) is 27.2. The summed E-state index contributed by atoms with van der Waals surface area (Å²) in [7, 11) is 0. The number of ether oxygens (including phenoxy) is 1. The van der Waals surface area contributed by atoms with Crippen LogP contribution in [0.25, 0.3) is 27.5 Å². The first kappa shape index (κ1) is 33.5. The first-order valence-electron chi connectivity index (χ1n) is 14.9. The molecule has 5 rings (SSSR count). The molecule has 1 aromatic heterocycles. The topological polar surface area (TPSA) is 71.4 Å². The SMILES string of the molecule is Cc1c(C(C)(C)C)cc(OC(=O)CC(CC(=O)[O-])c2ccc(-n3c4ccccc4c4ccccc43)cc2)cc1C(C)(C)C.[Na+]. The molecule has 0 radical (unpaired) electrons. The molecule has 5 aromatic rings. The van der Waals surface area contributed by atoms with Crippen LogP contribution >= 0.6 is 0 Å². The molecule has 0 aliphatic rings. The Morgan fingerprint density at radius 3 is 1.68 bits per heavy atom. The van der Waals surface area contributed by atoms with Gasteiger partial charge in [-0.3, -0.25) is 4.79 Å². The molecule has 0 fully saturated rings. The van der Waals surface area contributed by atoms with Crippen LogP contribution in [0.4, 0.5) is 0 Å². The summed E-state index contributed by atoms with van der Waals surface area (Å²) in [5.74, 6) is -1.77. The predicted molar refractivity (Wildman–Crippen MR) is 172 cm³/mol. The Hall–Kier alpha value is -3.38. The van der Waals surface area contributed by atoms with Crippen molar-refractivity contribution < 1.29 is 49.0 Å². The molecular formula is C38H40NNaO4. The average molecular weight is 598 g/mol. The summed E-state index contributed by atoms with van der Waals surface area (Å²) in [6.07, 6.45) is -0.357. The minimum atomic E-state index is -1.20. The molecule has 0 bridgehead atoms. The summed E-state index contributed by atoms with van der Waals surface area (Å²) >= 11 is 0. The Morgan fingerprint density at radius 1 is 0.750 bits per heavy atom. The zero-order valence-corrected chi connectivity index (χ0v) is 29.2. The third-order valence-corrected chi connectivity index (χ3v) is 8.26. The van der Waals surface area contributed by atoms with Gasteiger partial charge >= 0.3 is 35.5 Å². The van der Waals surface area contributed by atoms with Crippen molar-refractivity contribution in [2.24, 2.45) is 0 Å². The fraction of sp³-hybridized carbons (Fsp3) is 0.316. The maximum atomic E-state index is 13.3. The summed E-state index contributed by atoms with van der Waals surface area (Å²) in [5, 5.41) is 14.1. The first-order chi connectivity index (χ1) is 20.2. The summed E-state index contributed by atoms with van der Waals surface area (Å²) in [4.78, 5) is 25.0. The summed E-state index contributed by atoms with van der Waals surface area (Å²) in [6, 6.07) is 28.2. The van der Waals surface area contributed by atoms with Crippen molar-refractivity contribution in [1.82, 2.24) is 4.57 Å². The number of hydrogen-bond donors (Lipinski definition) is 0. The van der Waals surface area contributed by atoms with E-state index in [0.29, 0.717) is 5.75 Å². The van der Waals surface area contributed by atoms with E-state index in [-0.39, 0.29) is 53.2 Å². The Morgan fingerprint density at radius 2 is 1.23 bits per heavy atom. The monoisotopic (exact) mass is 597 g/mol. The van der Waals surface area contributed by atoms with Crippen molar-refractivity contribution in [1.29, 1.82) is 0 Å². The van der Waals surface area contributed by atoms with Crippen LogP contribution in [-0.4, -0.2) is 16.5 Å². The molecule has 5 nitrogen and oxygen atoms in total. The van der Waals surface area contributed by atoms with E-state index in [1.807, 2.05) is 60.7 Å². The van der Waals surface area contributed by atoms with E-state index in [2.05, 4.69) is 77.3 Å². The van der Waals surface area contributed by atoms with Crippen molar-refractivity contribution >= 4 is 33.7 Å². The number of carbonyl (C=O) groups is 2. The maximum Gasteiger partial charge on any atom is 1.00 e. The van der Waals surface area contributed by atoms with E-state index in [9.17, 15) is 14.7 Å². The number of hydrogen-bond acceptors (Lipinski definition) is 4. The van der Waals surface area contributed by atoms with Gasteiger partial charge in [0, 0.05) is 22.4 Å². The van der Waals surface area contributed by atoms with Crippen LogP contribution in [0.1, 0.15) is 82.6 Å². The van der Waals surface area contributed by atoms with E-state index < -0.39 is 17.9 Å². The molecule has 4 aromatic carbocycles. The summed E-state index contributed by atoms with van der Waals surface area (Å²) < 4.78 is 8.10. The van der Waals surface area contributed by atoms with E-state index in [1.54, 1.807) is 0 Å². The molecule has 0 aliphatic heterocycles. The molecule has 0 saturated carbocycles. The number of benzene rings is 4. The number of carboxylic acid groups (broad SMARTS) is 1. The quantitative estimate of drug-likeness (QED) is 0.152. The smallest absolute Gasteiger partial charge is 0.550 e. The number of fused-ring (bicyclic) bond motifs is 3. The van der Waals surface area contributed by atoms with Gasteiger partial charge in [-0.2, -0.15) is 0 Å². The molecule has 0 amide bonds. The Balaban J connectivity index is 0.00000442. The Labute approximate surface area is 282 Å². The molecule has 6 heteroatoms. The van der Waals surface area contributed by atoms with Crippen LogP contribution in [0, 0.1) is 6.92 Å². The van der Waals surface area contributed by atoms with Gasteiger partial charge in [-0.1, -0.05) is 90.1 Å². The van der Waals surface area contributed by atoms with Crippen molar-refractivity contribution in [3.8, 4) is 11.4 Å². The number of aromatic nitrogens is 1. The number of carbonyl (C=O) groups excluding carboxylic acids is 2. The van der Waals surface area contributed by atoms with Crippen LogP contribution in [0.15, 0.2) is 84.9 Å². The third kappa shape index (κ3) is 6.96. The van der Waals surface area contributed by atoms with Gasteiger partial charge in [0.15, 0.2) is 0 Å². The second-order valence-corrected chi connectivity index (χ2v) is 13.6. The Kier molecular flexibility index (Phi) is 9.84. The number of rotatable bonds is 7. The molecule has 44 heavy (non-hydrogen) atoms. The first-order valence-corrected chi connectivity index (χ1v) is 14.9. The van der Waals surface area contributed by atoms with Crippen LogP contribution in [-0.2, 0) is 20.4 Å². The van der Waals surface area contributed by atoms with Gasteiger partial charge in [-0.15, -0.1) is 0 Å². The number of aliphatic carboxylic acids is 1. The van der Waals surface area contributed by atoms with Gasteiger partial charge < -0.3 is 19.2 Å². The minimum absolute atomic E-state index is 0. The second kappa shape index (κ2) is 12.9. The van der Waals surface area contributed by atoms with Crippen LogP contribution < -0.4 is 39.4 Å². The largest absolute Gasteiger partial charge is 1.00 e. The second-order valence-electron chi connectivity index (χ2n) is 13.6. The molecule has 1 unspecified atom stereocenters. The fourth-order valence-electron chi connectivity index (χ4n) is 6.28. The number of carboxylic acids is 1. The molecule has 1 heterocycles. The molecule has 0 N–H and O–H groups in total. The van der Waals surface area contributed by atoms with Gasteiger partial charge in [0.05, 0.1) is 17.5 Å². The number of esters is 1. The standard InChI is InChI=1S/C38H41NO4.Na/c1-24-31(37(2,3)4)22-28(23-32(24)38(5,6)7)43-36(42)21-26(20-35(40)41)25-16-18-27(19-17-25)39-33-14-10-8-12-29(33)30-13-9-11-15-34(30)39;/h8-19,22-23,26H,20-21H2,1-7H3,(H,40,41);/q;+1/p-1. The van der Waals surface area contributed by atoms with Crippen LogP contribution in [0.3, 0.4) is 0 Å². The van der Waals surface area contributed by atoms with Crippen molar-refractivity contribution in [3.05, 3.63) is 107 Å². The average Bonchev–Trinajstić information content (AvgIpc) is 3.26. The molecule has 222 valence electrons. The van der Waals surface area contributed by atoms with Gasteiger partial charge in [0.1, 0.15) is 5.75 Å². The maximum absolute atomic E-state index is 13.3. The predicted octanol–water partition coefficient (Wildman–Crippen LogP) is 4.91. The van der Waals surface area contributed by atoms with E-state index in [4.69, 9.17) is 4.74 Å². The fourth-order valence-corrected chi connectivity index (χ4v) is 6.28. The molecule has 0 saturated heterocycles. The van der Waals surface area contributed by atoms with Gasteiger partial charge in [0.25, 0.3) is 0 Å². The van der Waals surface area contributed by atoms with Crippen molar-refractivity contribution in [3.63, 3.8) is 0 Å². The normalized spacial score (nSPS) is 12.6.